The van der Waals surface area contributed by atoms with Crippen LogP contribution in [-0.2, 0) is 19.7 Å². The summed E-state index contributed by atoms with van der Waals surface area (Å²) >= 11 is 3.00. The van der Waals surface area contributed by atoms with Crippen LogP contribution in [0.1, 0.15) is 34.6 Å². The second-order valence-electron chi connectivity index (χ2n) is 5.81. The molecule has 26 heavy (non-hydrogen) atoms. The maximum absolute atomic E-state index is 12.6. The highest BCUT2D eigenvalue weighted by Crippen LogP contribution is 2.32. The van der Waals surface area contributed by atoms with E-state index in [9.17, 15) is 19.5 Å². The van der Waals surface area contributed by atoms with Crippen LogP contribution in [0.4, 0.5) is 0 Å². The summed E-state index contributed by atoms with van der Waals surface area (Å²) in [4.78, 5) is 36.9. The van der Waals surface area contributed by atoms with E-state index in [2.05, 4.69) is 0 Å². The van der Waals surface area contributed by atoms with Gasteiger partial charge in [-0.25, -0.2) is 0 Å². The van der Waals surface area contributed by atoms with Crippen LogP contribution in [0.15, 0.2) is 41.8 Å². The van der Waals surface area contributed by atoms with Gasteiger partial charge in [0.1, 0.15) is 5.41 Å². The monoisotopic (exact) mass is 387 g/mol. The van der Waals surface area contributed by atoms with Crippen LogP contribution in [0.25, 0.3) is 9.40 Å². The van der Waals surface area contributed by atoms with Crippen molar-refractivity contribution >= 4 is 49.8 Å². The van der Waals surface area contributed by atoms with Gasteiger partial charge < -0.3 is 14.6 Å². The SMILES string of the molecule is CCOC(=O)C(C)(C(=O)[O-])c1ccc(C(=O)c2cc3ccsc3s2)cc1. The lowest BCUT2D eigenvalue weighted by atomic mass is 9.82. The molecule has 0 amide bonds. The predicted molar refractivity (Wildman–Crippen MR) is 98.6 cm³/mol. The molecule has 0 aliphatic carbocycles. The number of hydrogen-bond acceptors (Lipinski definition) is 7. The van der Waals surface area contributed by atoms with Crippen LogP contribution in [0.2, 0.25) is 0 Å². The number of esters is 1. The third-order valence-electron chi connectivity index (χ3n) is 4.19. The minimum Gasteiger partial charge on any atom is -0.549 e. The second-order valence-corrected chi connectivity index (χ2v) is 8.04. The Morgan fingerprint density at radius 1 is 1.15 bits per heavy atom. The van der Waals surface area contributed by atoms with Crippen molar-refractivity contribution in [2.75, 3.05) is 6.61 Å². The van der Waals surface area contributed by atoms with Gasteiger partial charge in [0.15, 0.2) is 0 Å². The molecule has 0 aliphatic rings. The molecule has 0 fully saturated rings. The van der Waals surface area contributed by atoms with E-state index in [-0.39, 0.29) is 18.0 Å². The zero-order valence-electron chi connectivity index (χ0n) is 14.1. The molecule has 2 heterocycles. The van der Waals surface area contributed by atoms with Gasteiger partial charge in [0.05, 0.1) is 21.5 Å². The topological polar surface area (TPSA) is 83.5 Å². The van der Waals surface area contributed by atoms with E-state index in [0.29, 0.717) is 10.4 Å². The highest BCUT2D eigenvalue weighted by atomic mass is 32.2. The first kappa shape index (κ1) is 18.3. The lowest BCUT2D eigenvalue weighted by molar-refractivity contribution is -0.312. The van der Waals surface area contributed by atoms with E-state index in [4.69, 9.17) is 4.74 Å². The molecule has 3 aromatic rings. The van der Waals surface area contributed by atoms with Crippen LogP contribution in [0.3, 0.4) is 0 Å². The number of fused-ring (bicyclic) bond motifs is 1. The Kier molecular flexibility index (Phi) is 4.93. The largest absolute Gasteiger partial charge is 0.549 e. The molecule has 5 nitrogen and oxygen atoms in total. The highest BCUT2D eigenvalue weighted by molar-refractivity contribution is 7.38. The number of carboxylic acid groups (broad SMARTS) is 1. The molecule has 0 N–H and O–H groups in total. The fourth-order valence-corrected chi connectivity index (χ4v) is 4.64. The molecule has 0 bridgehead atoms. The lowest BCUT2D eigenvalue weighted by Crippen LogP contribution is -2.50. The number of thiophene rings is 2. The molecule has 2 aromatic heterocycles. The molecular formula is C19H15O5S2-. The van der Waals surface area contributed by atoms with Gasteiger partial charge in [-0.05, 0) is 36.9 Å². The molecule has 7 heteroatoms. The van der Waals surface area contributed by atoms with Crippen molar-refractivity contribution in [3.8, 4) is 0 Å². The van der Waals surface area contributed by atoms with Crippen molar-refractivity contribution in [1.82, 2.24) is 0 Å². The first-order valence-corrected chi connectivity index (χ1v) is 9.58. The number of carboxylic acids is 1. The number of rotatable bonds is 6. The van der Waals surface area contributed by atoms with Crippen LogP contribution in [0, 0.1) is 0 Å². The fraction of sp³-hybridized carbons (Fsp3) is 0.211. The van der Waals surface area contributed by atoms with Crippen molar-refractivity contribution in [3.63, 3.8) is 0 Å². The smallest absolute Gasteiger partial charge is 0.322 e. The van der Waals surface area contributed by atoms with Crippen LogP contribution < -0.4 is 5.11 Å². The minimum absolute atomic E-state index is 0.0633. The molecule has 1 aromatic carbocycles. The molecule has 0 radical (unpaired) electrons. The molecule has 0 saturated heterocycles. The molecule has 134 valence electrons. The Labute approximate surface area is 157 Å². The van der Waals surface area contributed by atoms with E-state index in [1.165, 1.54) is 42.5 Å². The summed E-state index contributed by atoms with van der Waals surface area (Å²) in [6.07, 6.45) is 0. The summed E-state index contributed by atoms with van der Waals surface area (Å²) in [5.41, 5.74) is -1.30. The zero-order chi connectivity index (χ0) is 18.9. The normalized spacial score (nSPS) is 13.3. The first-order chi connectivity index (χ1) is 12.4. The van der Waals surface area contributed by atoms with Gasteiger partial charge in [-0.3, -0.25) is 9.59 Å². The molecule has 3 rings (SSSR count). The van der Waals surface area contributed by atoms with Crippen LogP contribution in [-0.4, -0.2) is 24.3 Å². The minimum atomic E-state index is -1.93. The average Bonchev–Trinajstić information content (AvgIpc) is 3.22. The Morgan fingerprint density at radius 3 is 2.42 bits per heavy atom. The Morgan fingerprint density at radius 2 is 1.85 bits per heavy atom. The third-order valence-corrected chi connectivity index (χ3v) is 6.39. The Hall–Kier alpha value is -2.51. The van der Waals surface area contributed by atoms with Gasteiger partial charge in [0, 0.05) is 10.9 Å². The first-order valence-electron chi connectivity index (χ1n) is 7.89. The molecular weight excluding hydrogens is 372 g/mol. The maximum Gasteiger partial charge on any atom is 0.322 e. The van der Waals surface area contributed by atoms with Gasteiger partial charge in [0.2, 0.25) is 5.78 Å². The number of carbonyl (C=O) groups excluding carboxylic acids is 3. The summed E-state index contributed by atoms with van der Waals surface area (Å²) in [5.74, 6) is -2.58. The van der Waals surface area contributed by atoms with Gasteiger partial charge >= 0.3 is 5.97 Å². The van der Waals surface area contributed by atoms with E-state index >= 15 is 0 Å². The summed E-state index contributed by atoms with van der Waals surface area (Å²) in [5, 5.41) is 14.6. The van der Waals surface area contributed by atoms with Crippen molar-refractivity contribution in [1.29, 1.82) is 0 Å². The number of ketones is 1. The Bertz CT molecular complexity index is 954. The third kappa shape index (κ3) is 3.04. The summed E-state index contributed by atoms with van der Waals surface area (Å²) in [6, 6.07) is 9.75. The number of aliphatic carboxylic acids is 1. The van der Waals surface area contributed by atoms with E-state index in [1.807, 2.05) is 17.5 Å². The van der Waals surface area contributed by atoms with E-state index in [1.54, 1.807) is 18.3 Å². The quantitative estimate of drug-likeness (QED) is 0.369. The molecule has 0 spiro atoms. The summed E-state index contributed by atoms with van der Waals surface area (Å²) in [6.45, 7) is 2.90. The van der Waals surface area contributed by atoms with Gasteiger partial charge in [0.25, 0.3) is 0 Å². The zero-order valence-corrected chi connectivity index (χ0v) is 15.7. The fourth-order valence-electron chi connectivity index (χ4n) is 2.57. The molecule has 1 atom stereocenters. The van der Waals surface area contributed by atoms with Crippen molar-refractivity contribution in [2.24, 2.45) is 0 Å². The van der Waals surface area contributed by atoms with Crippen LogP contribution in [0.5, 0.6) is 0 Å². The molecule has 1 unspecified atom stereocenters. The van der Waals surface area contributed by atoms with Crippen molar-refractivity contribution in [3.05, 3.63) is 57.8 Å². The number of ether oxygens (including phenoxy) is 1. The maximum atomic E-state index is 12.6. The van der Waals surface area contributed by atoms with Gasteiger partial charge in [-0.15, -0.1) is 22.7 Å². The molecule has 0 saturated carbocycles. The number of benzene rings is 1. The predicted octanol–water partition coefficient (Wildman–Crippen LogP) is 2.76. The van der Waals surface area contributed by atoms with E-state index in [0.717, 1.165) is 9.40 Å². The van der Waals surface area contributed by atoms with Crippen LogP contribution >= 0.6 is 22.7 Å². The standard InChI is InChI=1S/C19H16O5S2/c1-3-24-18(23)19(2,17(21)22)13-6-4-11(5-7-13)15(20)14-10-12-8-9-25-16(12)26-14/h4-10H,3H2,1-2H3,(H,21,22)/p-1. The van der Waals surface area contributed by atoms with Crippen molar-refractivity contribution in [2.45, 2.75) is 19.3 Å². The highest BCUT2D eigenvalue weighted by Gasteiger charge is 2.38. The molecule has 0 aliphatic heterocycles. The van der Waals surface area contributed by atoms with Gasteiger partial charge in [-0.2, -0.15) is 0 Å². The van der Waals surface area contributed by atoms with Crippen molar-refractivity contribution < 1.29 is 24.2 Å². The Balaban J connectivity index is 1.91. The number of hydrogen-bond donors (Lipinski definition) is 0. The second kappa shape index (κ2) is 7.01. The van der Waals surface area contributed by atoms with Gasteiger partial charge in [-0.1, -0.05) is 24.3 Å². The summed E-state index contributed by atoms with van der Waals surface area (Å²) < 4.78 is 5.95. The average molecular weight is 387 g/mol. The summed E-state index contributed by atoms with van der Waals surface area (Å²) in [7, 11) is 0. The number of carbonyl (C=O) groups is 3. The van der Waals surface area contributed by atoms with E-state index < -0.39 is 17.4 Å². The lowest BCUT2D eigenvalue weighted by Gasteiger charge is -2.28.